The Hall–Kier alpha value is -3.94. The number of benzene rings is 2. The Bertz CT molecular complexity index is 950. The lowest BCUT2D eigenvalue weighted by atomic mass is 10.2. The van der Waals surface area contributed by atoms with Crippen LogP contribution in [-0.2, 0) is 0 Å². The second-order valence-corrected chi connectivity index (χ2v) is 5.38. The van der Waals surface area contributed by atoms with Gasteiger partial charge in [-0.2, -0.15) is 5.10 Å². The van der Waals surface area contributed by atoms with Gasteiger partial charge in [-0.1, -0.05) is 30.4 Å². The Morgan fingerprint density at radius 2 is 1.96 bits per heavy atom. The van der Waals surface area contributed by atoms with Crippen LogP contribution in [-0.4, -0.2) is 23.8 Å². The molecule has 0 spiro atoms. The number of nitrogens with one attached hydrogen (secondary N) is 1. The fraction of sp³-hybridized carbons (Fsp3) is 0.0526. The number of hydrazone groups is 1. The molecule has 136 valence electrons. The van der Waals surface area contributed by atoms with Crippen LogP contribution in [0.5, 0.6) is 11.5 Å². The number of rotatable bonds is 6. The summed E-state index contributed by atoms with van der Waals surface area (Å²) in [4.78, 5) is 22.0. The molecule has 0 saturated heterocycles. The van der Waals surface area contributed by atoms with Crippen molar-refractivity contribution in [3.05, 3.63) is 81.9 Å². The summed E-state index contributed by atoms with van der Waals surface area (Å²) in [6.07, 6.45) is 8.48. The highest BCUT2D eigenvalue weighted by Crippen LogP contribution is 2.32. The number of carbonyl (C=O) groups excluding carboxylic acids is 1. The van der Waals surface area contributed by atoms with E-state index in [4.69, 9.17) is 9.47 Å². The Balaban J connectivity index is 1.49. The number of non-ortho nitro benzene ring substituents is 1. The van der Waals surface area contributed by atoms with Crippen LogP contribution in [0.1, 0.15) is 15.9 Å². The number of hydrogen-bond acceptors (Lipinski definition) is 6. The zero-order valence-corrected chi connectivity index (χ0v) is 14.1. The second-order valence-electron chi connectivity index (χ2n) is 5.38. The van der Waals surface area contributed by atoms with Gasteiger partial charge >= 0.3 is 0 Å². The van der Waals surface area contributed by atoms with Gasteiger partial charge in [-0.05, 0) is 29.8 Å². The summed E-state index contributed by atoms with van der Waals surface area (Å²) in [6, 6.07) is 11.0. The number of nitrogens with zero attached hydrogens (tertiary/aromatic N) is 2. The lowest BCUT2D eigenvalue weighted by Gasteiger charge is -1.98. The summed E-state index contributed by atoms with van der Waals surface area (Å²) in [6.45, 7) is 0.237. The van der Waals surface area contributed by atoms with E-state index >= 15 is 0 Å². The van der Waals surface area contributed by atoms with Crippen molar-refractivity contribution in [2.24, 2.45) is 5.10 Å². The smallest absolute Gasteiger partial charge is 0.271 e. The third-order valence-corrected chi connectivity index (χ3v) is 3.55. The molecule has 0 atom stereocenters. The molecule has 1 amide bonds. The summed E-state index contributed by atoms with van der Waals surface area (Å²) in [5.74, 6) is 0.917. The van der Waals surface area contributed by atoms with Gasteiger partial charge in [0, 0.05) is 23.9 Å². The predicted octanol–water partition coefficient (Wildman–Crippen LogP) is 3.31. The van der Waals surface area contributed by atoms with Gasteiger partial charge in [0.05, 0.1) is 4.92 Å². The number of ether oxygens (including phenoxy) is 2. The minimum atomic E-state index is -0.560. The highest BCUT2D eigenvalue weighted by atomic mass is 16.7. The number of nitro benzene ring substituents is 1. The fourth-order valence-electron chi connectivity index (χ4n) is 2.26. The maximum Gasteiger partial charge on any atom is 0.271 e. The van der Waals surface area contributed by atoms with Crippen molar-refractivity contribution in [3.63, 3.8) is 0 Å². The fourth-order valence-corrected chi connectivity index (χ4v) is 2.26. The third kappa shape index (κ3) is 4.79. The molecule has 3 rings (SSSR count). The molecule has 0 aromatic heterocycles. The minimum absolute atomic E-state index is 0.153. The Labute approximate surface area is 154 Å². The topological polar surface area (TPSA) is 103 Å². The summed E-state index contributed by atoms with van der Waals surface area (Å²) in [5.41, 5.74) is 3.27. The van der Waals surface area contributed by atoms with Crippen molar-refractivity contribution in [2.75, 3.05) is 6.79 Å². The van der Waals surface area contributed by atoms with Crippen molar-refractivity contribution in [1.29, 1.82) is 0 Å². The molecule has 0 bridgehead atoms. The summed E-state index contributed by atoms with van der Waals surface area (Å²) in [7, 11) is 0. The zero-order valence-electron chi connectivity index (χ0n) is 14.1. The van der Waals surface area contributed by atoms with E-state index in [2.05, 4.69) is 10.5 Å². The van der Waals surface area contributed by atoms with Gasteiger partial charge in [-0.25, -0.2) is 5.43 Å². The average molecular weight is 365 g/mol. The van der Waals surface area contributed by atoms with Crippen LogP contribution < -0.4 is 14.9 Å². The van der Waals surface area contributed by atoms with Gasteiger partial charge in [0.25, 0.3) is 11.6 Å². The van der Waals surface area contributed by atoms with Crippen molar-refractivity contribution in [3.8, 4) is 11.5 Å². The first-order chi connectivity index (χ1) is 13.1. The molecule has 1 aliphatic heterocycles. The summed E-state index contributed by atoms with van der Waals surface area (Å²) in [5, 5.41) is 14.5. The quantitative estimate of drug-likeness (QED) is 0.366. The van der Waals surface area contributed by atoms with E-state index in [9.17, 15) is 14.9 Å². The van der Waals surface area contributed by atoms with Crippen LogP contribution in [0.15, 0.2) is 65.8 Å². The molecule has 0 fully saturated rings. The SMILES string of the molecule is O=C(N/N=C/C=C/C=C/c1ccc2c(c1)OCO2)c1cccc([N+](=O)[O-])c1. The van der Waals surface area contributed by atoms with E-state index in [1.807, 2.05) is 30.4 Å². The first-order valence-electron chi connectivity index (χ1n) is 7.94. The maximum absolute atomic E-state index is 11.9. The van der Waals surface area contributed by atoms with Crippen molar-refractivity contribution in [1.82, 2.24) is 5.43 Å². The zero-order chi connectivity index (χ0) is 19.1. The van der Waals surface area contributed by atoms with Crippen LogP contribution >= 0.6 is 0 Å². The van der Waals surface area contributed by atoms with Crippen LogP contribution in [0.3, 0.4) is 0 Å². The predicted molar refractivity (Wildman–Crippen MR) is 99.8 cm³/mol. The first-order valence-corrected chi connectivity index (χ1v) is 7.94. The van der Waals surface area contributed by atoms with Gasteiger partial charge < -0.3 is 9.47 Å². The third-order valence-electron chi connectivity index (χ3n) is 3.55. The number of fused-ring (bicyclic) bond motifs is 1. The maximum atomic E-state index is 11.9. The van der Waals surface area contributed by atoms with Crippen LogP contribution in [0.4, 0.5) is 5.69 Å². The van der Waals surface area contributed by atoms with E-state index in [1.54, 1.807) is 12.2 Å². The number of amides is 1. The van der Waals surface area contributed by atoms with Gasteiger partial charge in [-0.15, -0.1) is 0 Å². The number of hydrogen-bond donors (Lipinski definition) is 1. The molecule has 0 aliphatic carbocycles. The summed E-state index contributed by atoms with van der Waals surface area (Å²) >= 11 is 0. The molecule has 27 heavy (non-hydrogen) atoms. The van der Waals surface area contributed by atoms with E-state index in [0.717, 1.165) is 11.3 Å². The lowest BCUT2D eigenvalue weighted by molar-refractivity contribution is -0.384. The van der Waals surface area contributed by atoms with Gasteiger partial charge in [0.15, 0.2) is 11.5 Å². The molecule has 8 heteroatoms. The van der Waals surface area contributed by atoms with Crippen molar-refractivity contribution in [2.45, 2.75) is 0 Å². The molecule has 0 radical (unpaired) electrons. The number of nitro groups is 1. The van der Waals surface area contributed by atoms with Crippen LogP contribution in [0, 0.1) is 10.1 Å². The molecule has 1 N–H and O–H groups in total. The molecule has 1 aliphatic rings. The van der Waals surface area contributed by atoms with Gasteiger partial charge in [0.2, 0.25) is 6.79 Å². The van der Waals surface area contributed by atoms with Crippen LogP contribution in [0.25, 0.3) is 6.08 Å². The largest absolute Gasteiger partial charge is 0.454 e. The van der Waals surface area contributed by atoms with E-state index in [0.29, 0.717) is 5.75 Å². The van der Waals surface area contributed by atoms with Crippen LogP contribution in [0.2, 0.25) is 0 Å². The van der Waals surface area contributed by atoms with Gasteiger partial charge in [0.1, 0.15) is 0 Å². The Morgan fingerprint density at radius 1 is 1.11 bits per heavy atom. The highest BCUT2D eigenvalue weighted by Gasteiger charge is 2.12. The average Bonchev–Trinajstić information content (AvgIpc) is 3.15. The second kappa shape index (κ2) is 8.43. The summed E-state index contributed by atoms with van der Waals surface area (Å²) < 4.78 is 10.6. The normalized spacial score (nSPS) is 12.9. The molecule has 2 aromatic carbocycles. The number of allylic oxidation sites excluding steroid dienone is 3. The van der Waals surface area contributed by atoms with E-state index < -0.39 is 10.8 Å². The Kier molecular flexibility index (Phi) is 5.58. The molecule has 8 nitrogen and oxygen atoms in total. The minimum Gasteiger partial charge on any atom is -0.454 e. The molecule has 2 aromatic rings. The molecular formula is C19H15N3O5. The first kappa shape index (κ1) is 17.9. The highest BCUT2D eigenvalue weighted by molar-refractivity contribution is 5.95. The van der Waals surface area contributed by atoms with E-state index in [-0.39, 0.29) is 18.0 Å². The molecule has 0 unspecified atom stereocenters. The van der Waals surface area contributed by atoms with Crippen molar-refractivity contribution >= 4 is 23.9 Å². The Morgan fingerprint density at radius 3 is 2.81 bits per heavy atom. The molecule has 0 saturated carbocycles. The lowest BCUT2D eigenvalue weighted by Crippen LogP contribution is -2.17. The van der Waals surface area contributed by atoms with E-state index in [1.165, 1.54) is 30.5 Å². The van der Waals surface area contributed by atoms with Crippen molar-refractivity contribution < 1.29 is 19.2 Å². The molecule has 1 heterocycles. The van der Waals surface area contributed by atoms with Gasteiger partial charge in [-0.3, -0.25) is 14.9 Å². The molecular weight excluding hydrogens is 350 g/mol. The number of carbonyl (C=O) groups is 1. The monoisotopic (exact) mass is 365 g/mol. The standard InChI is InChI=1S/C19H15N3O5/c23-19(15-6-4-7-16(12-15)22(24)25)21-20-10-3-1-2-5-14-8-9-17-18(11-14)27-13-26-17/h1-12H,13H2,(H,21,23)/b3-1+,5-2+,20-10+.